The number of carbonyl (C=O) groups is 1. The summed E-state index contributed by atoms with van der Waals surface area (Å²) in [6.45, 7) is 0. The zero-order valence-corrected chi connectivity index (χ0v) is 5.48. The highest BCUT2D eigenvalue weighted by atomic mass is 16.3. The van der Waals surface area contributed by atoms with Gasteiger partial charge in [0.1, 0.15) is 5.82 Å². The van der Waals surface area contributed by atoms with Gasteiger partial charge in [-0.2, -0.15) is 0 Å². The first-order chi connectivity index (χ1) is 5.11. The van der Waals surface area contributed by atoms with Crippen LogP contribution in [0, 0.1) is 0 Å². The number of hydrogen-bond acceptors (Lipinski definition) is 5. The van der Waals surface area contributed by atoms with Gasteiger partial charge in [0, 0.05) is 0 Å². The lowest BCUT2D eigenvalue weighted by Gasteiger charge is -1.97. The molecule has 11 heavy (non-hydrogen) atoms. The minimum atomic E-state index is -0.859. The van der Waals surface area contributed by atoms with Gasteiger partial charge in [-0.1, -0.05) is 0 Å². The molecule has 0 saturated carbocycles. The lowest BCUT2D eigenvalue weighted by atomic mass is 10.4. The van der Waals surface area contributed by atoms with Crippen LogP contribution in [0.2, 0.25) is 0 Å². The molecule has 0 bridgehead atoms. The van der Waals surface area contributed by atoms with Crippen molar-refractivity contribution in [1.82, 2.24) is 9.97 Å². The highest BCUT2D eigenvalue weighted by Crippen LogP contribution is 2.09. The summed E-state index contributed by atoms with van der Waals surface area (Å²) in [5.41, 5.74) is 9.68. The molecule has 1 amide bonds. The molecule has 5 N–H and O–H groups in total. The van der Waals surface area contributed by atoms with Gasteiger partial charge in [-0.15, -0.1) is 0 Å². The normalized spacial score (nSPS) is 9.45. The van der Waals surface area contributed by atoms with Crippen molar-refractivity contribution in [2.75, 3.05) is 5.73 Å². The van der Waals surface area contributed by atoms with Crippen LogP contribution in [0.1, 0.15) is 10.5 Å². The molecule has 58 valence electrons. The van der Waals surface area contributed by atoms with Gasteiger partial charge in [-0.25, -0.2) is 9.97 Å². The van der Waals surface area contributed by atoms with Crippen molar-refractivity contribution in [1.29, 1.82) is 0 Å². The van der Waals surface area contributed by atoms with E-state index in [9.17, 15) is 4.79 Å². The van der Waals surface area contributed by atoms with Crippen LogP contribution in [0.15, 0.2) is 6.20 Å². The van der Waals surface area contributed by atoms with E-state index in [1.165, 1.54) is 0 Å². The number of nitrogen functional groups attached to an aromatic ring is 1. The molecule has 6 nitrogen and oxygen atoms in total. The fourth-order valence-corrected chi connectivity index (χ4v) is 0.562. The summed E-state index contributed by atoms with van der Waals surface area (Å²) in [6, 6.07) is 0. The maximum absolute atomic E-state index is 10.5. The van der Waals surface area contributed by atoms with Crippen LogP contribution in [0.4, 0.5) is 5.82 Å². The van der Waals surface area contributed by atoms with Gasteiger partial charge in [0.15, 0.2) is 5.69 Å². The van der Waals surface area contributed by atoms with E-state index < -0.39 is 11.8 Å². The number of amides is 1. The maximum atomic E-state index is 10.5. The molecule has 0 unspecified atom stereocenters. The van der Waals surface area contributed by atoms with E-state index >= 15 is 0 Å². The Kier molecular flexibility index (Phi) is 1.59. The SMILES string of the molecule is NC(=O)c1nc(N)cnc1O. The first-order valence-electron chi connectivity index (χ1n) is 2.72. The van der Waals surface area contributed by atoms with E-state index in [1.807, 2.05) is 0 Å². The Morgan fingerprint density at radius 1 is 1.64 bits per heavy atom. The molecule has 0 aliphatic carbocycles. The predicted molar refractivity (Wildman–Crippen MR) is 36.6 cm³/mol. The van der Waals surface area contributed by atoms with E-state index in [1.54, 1.807) is 0 Å². The summed E-state index contributed by atoms with van der Waals surface area (Å²) >= 11 is 0. The Bertz CT molecular complexity index is 299. The Balaban J connectivity index is 3.23. The van der Waals surface area contributed by atoms with Gasteiger partial charge >= 0.3 is 0 Å². The van der Waals surface area contributed by atoms with Crippen LogP contribution in [0.25, 0.3) is 0 Å². The van der Waals surface area contributed by atoms with Crippen molar-refractivity contribution < 1.29 is 9.90 Å². The number of anilines is 1. The minimum absolute atomic E-state index is 0.0385. The third-order valence-electron chi connectivity index (χ3n) is 1.01. The summed E-state index contributed by atoms with van der Waals surface area (Å²) in [6.07, 6.45) is 1.13. The van der Waals surface area contributed by atoms with Crippen LogP contribution in [-0.4, -0.2) is 21.0 Å². The van der Waals surface area contributed by atoms with Crippen LogP contribution < -0.4 is 11.5 Å². The molecule has 6 heteroatoms. The second-order valence-corrected chi connectivity index (χ2v) is 1.83. The lowest BCUT2D eigenvalue weighted by Crippen LogP contribution is -2.14. The first-order valence-corrected chi connectivity index (χ1v) is 2.72. The smallest absolute Gasteiger partial charge is 0.273 e. The van der Waals surface area contributed by atoms with E-state index in [2.05, 4.69) is 9.97 Å². The fourth-order valence-electron chi connectivity index (χ4n) is 0.562. The summed E-state index contributed by atoms with van der Waals surface area (Å²) in [5, 5.41) is 8.88. The average molecular weight is 154 g/mol. The molecule has 0 fully saturated rings. The van der Waals surface area contributed by atoms with Gasteiger partial charge < -0.3 is 16.6 Å². The van der Waals surface area contributed by atoms with Gasteiger partial charge in [-0.3, -0.25) is 4.79 Å². The predicted octanol–water partition coefficient (Wildman–Crippen LogP) is -1.14. The number of carbonyl (C=O) groups excluding carboxylic acids is 1. The third kappa shape index (κ3) is 1.34. The van der Waals surface area contributed by atoms with Gasteiger partial charge in [0.25, 0.3) is 5.91 Å². The second-order valence-electron chi connectivity index (χ2n) is 1.83. The minimum Gasteiger partial charge on any atom is -0.492 e. The molecule has 0 aliphatic rings. The van der Waals surface area contributed by atoms with Crippen molar-refractivity contribution in [3.63, 3.8) is 0 Å². The molecule has 0 aliphatic heterocycles. The molecular weight excluding hydrogens is 148 g/mol. The monoisotopic (exact) mass is 154 g/mol. The van der Waals surface area contributed by atoms with Crippen LogP contribution >= 0.6 is 0 Å². The summed E-state index contributed by atoms with van der Waals surface area (Å²) < 4.78 is 0. The van der Waals surface area contributed by atoms with Crippen molar-refractivity contribution in [3.05, 3.63) is 11.9 Å². The Morgan fingerprint density at radius 3 is 2.73 bits per heavy atom. The molecule has 0 spiro atoms. The van der Waals surface area contributed by atoms with Gasteiger partial charge in [0.2, 0.25) is 5.88 Å². The van der Waals surface area contributed by atoms with Crippen molar-refractivity contribution in [2.45, 2.75) is 0 Å². The zero-order chi connectivity index (χ0) is 8.43. The quantitative estimate of drug-likeness (QED) is 0.473. The highest BCUT2D eigenvalue weighted by molar-refractivity contribution is 5.93. The van der Waals surface area contributed by atoms with Crippen LogP contribution in [0.3, 0.4) is 0 Å². The second kappa shape index (κ2) is 2.41. The number of nitrogens with two attached hydrogens (primary N) is 2. The van der Waals surface area contributed by atoms with E-state index in [0.29, 0.717) is 0 Å². The highest BCUT2D eigenvalue weighted by Gasteiger charge is 2.09. The molecule has 0 atom stereocenters. The van der Waals surface area contributed by atoms with Crippen LogP contribution in [-0.2, 0) is 0 Å². The number of rotatable bonds is 1. The molecule has 1 heterocycles. The maximum Gasteiger partial charge on any atom is 0.273 e. The Labute approximate surface area is 61.9 Å². The lowest BCUT2D eigenvalue weighted by molar-refractivity contribution is 0.0992. The largest absolute Gasteiger partial charge is 0.492 e. The average Bonchev–Trinajstić information content (AvgIpc) is 1.94. The molecule has 0 saturated heterocycles. The van der Waals surface area contributed by atoms with Crippen LogP contribution in [0.5, 0.6) is 5.88 Å². The molecular formula is C5H6N4O2. The molecule has 1 rings (SSSR count). The third-order valence-corrected chi connectivity index (χ3v) is 1.01. The van der Waals surface area contributed by atoms with E-state index in [0.717, 1.165) is 6.20 Å². The number of aromatic nitrogens is 2. The van der Waals surface area contributed by atoms with Crippen molar-refractivity contribution in [3.8, 4) is 5.88 Å². The molecule has 0 aromatic carbocycles. The number of hydrogen-bond donors (Lipinski definition) is 3. The van der Waals surface area contributed by atoms with Gasteiger partial charge in [-0.05, 0) is 0 Å². The topological polar surface area (TPSA) is 115 Å². The number of nitrogens with zero attached hydrogens (tertiary/aromatic N) is 2. The summed E-state index contributed by atoms with van der Waals surface area (Å²) in [4.78, 5) is 17.3. The fraction of sp³-hybridized carbons (Fsp3) is 0. The van der Waals surface area contributed by atoms with Gasteiger partial charge in [0.05, 0.1) is 6.20 Å². The standard InChI is InChI=1S/C5H6N4O2/c6-2-1-8-5(11)3(9-2)4(7)10/h1H,(H2,6,9)(H2,7,10)(H,8,11). The number of aromatic hydroxyl groups is 1. The summed E-state index contributed by atoms with van der Waals surface area (Å²) in [5.74, 6) is -1.33. The molecule has 1 aromatic rings. The number of primary amides is 1. The molecule has 1 aromatic heterocycles. The first kappa shape index (κ1) is 7.26. The van der Waals surface area contributed by atoms with E-state index in [-0.39, 0.29) is 11.5 Å². The Morgan fingerprint density at radius 2 is 2.27 bits per heavy atom. The zero-order valence-electron chi connectivity index (χ0n) is 5.48. The van der Waals surface area contributed by atoms with Crippen molar-refractivity contribution in [2.24, 2.45) is 5.73 Å². The molecule has 0 radical (unpaired) electrons. The summed E-state index contributed by atoms with van der Waals surface area (Å²) in [7, 11) is 0. The van der Waals surface area contributed by atoms with Crippen molar-refractivity contribution >= 4 is 11.7 Å². The van der Waals surface area contributed by atoms with E-state index in [4.69, 9.17) is 16.6 Å². The Hall–Kier alpha value is -1.85.